The van der Waals surface area contributed by atoms with Gasteiger partial charge in [0.2, 0.25) is 9.04 Å². The first kappa shape index (κ1) is 15.6. The topological polar surface area (TPSA) is 9.23 Å². The van der Waals surface area contributed by atoms with Crippen molar-refractivity contribution in [2.24, 2.45) is 5.41 Å². The molecule has 21 heavy (non-hydrogen) atoms. The van der Waals surface area contributed by atoms with Crippen LogP contribution in [0.4, 0.5) is 0 Å². The molecule has 0 bridgehead atoms. The first-order valence-electron chi connectivity index (χ1n) is 7.24. The lowest BCUT2D eigenvalue weighted by Crippen LogP contribution is -2.49. The Morgan fingerprint density at radius 1 is 0.905 bits per heavy atom. The largest absolute Gasteiger partial charge is 0.397 e. The van der Waals surface area contributed by atoms with Gasteiger partial charge in [0.05, 0.1) is 0 Å². The molecule has 0 heterocycles. The van der Waals surface area contributed by atoms with Gasteiger partial charge < -0.3 is 4.43 Å². The molecule has 2 aromatic carbocycles. The molecular formula is C19H22OSi. The third kappa shape index (κ3) is 4.07. The van der Waals surface area contributed by atoms with Gasteiger partial charge in [-0.05, 0) is 15.8 Å². The number of terminal acetylenes is 1. The second-order valence-electron chi connectivity index (χ2n) is 6.25. The molecule has 0 radical (unpaired) electrons. The molecule has 2 rings (SSSR count). The van der Waals surface area contributed by atoms with Crippen LogP contribution in [0.15, 0.2) is 60.7 Å². The van der Waals surface area contributed by atoms with E-state index in [-0.39, 0.29) is 11.5 Å². The Hall–Kier alpha value is -1.82. The molecule has 1 atom stereocenters. The highest BCUT2D eigenvalue weighted by molar-refractivity contribution is 6.80. The van der Waals surface area contributed by atoms with Crippen molar-refractivity contribution in [1.82, 2.24) is 0 Å². The summed E-state index contributed by atoms with van der Waals surface area (Å²) in [6, 6.07) is 20.9. The fraction of sp³-hybridized carbons (Fsp3) is 0.263. The molecule has 0 saturated carbocycles. The second-order valence-corrected chi connectivity index (χ2v) is 8.62. The van der Waals surface area contributed by atoms with Crippen molar-refractivity contribution in [3.05, 3.63) is 60.7 Å². The van der Waals surface area contributed by atoms with Crippen LogP contribution in [-0.4, -0.2) is 15.1 Å². The van der Waals surface area contributed by atoms with E-state index in [0.29, 0.717) is 0 Å². The third-order valence-electron chi connectivity index (χ3n) is 3.41. The van der Waals surface area contributed by atoms with E-state index in [1.807, 2.05) is 12.1 Å². The van der Waals surface area contributed by atoms with Gasteiger partial charge in [0.25, 0.3) is 0 Å². The van der Waals surface area contributed by atoms with E-state index in [1.54, 1.807) is 0 Å². The summed E-state index contributed by atoms with van der Waals surface area (Å²) in [5, 5.41) is 2.52. The zero-order valence-corrected chi connectivity index (χ0v) is 14.1. The maximum Gasteiger partial charge on any atom is 0.241 e. The van der Waals surface area contributed by atoms with Crippen molar-refractivity contribution in [3.8, 4) is 12.3 Å². The minimum absolute atomic E-state index is 0.0659. The molecule has 1 nitrogen and oxygen atoms in total. The number of hydrogen-bond acceptors (Lipinski definition) is 1. The molecule has 2 heteroatoms. The quantitative estimate of drug-likeness (QED) is 0.622. The molecule has 0 amide bonds. The van der Waals surface area contributed by atoms with Crippen LogP contribution in [0.3, 0.4) is 0 Å². The lowest BCUT2D eigenvalue weighted by molar-refractivity contribution is 0.141. The van der Waals surface area contributed by atoms with Gasteiger partial charge in [-0.1, -0.05) is 87.4 Å². The zero-order chi connectivity index (χ0) is 15.3. The minimum Gasteiger partial charge on any atom is -0.397 e. The summed E-state index contributed by atoms with van der Waals surface area (Å²) in [5.41, 5.74) is -0.0659. The van der Waals surface area contributed by atoms with Gasteiger partial charge in [-0.2, -0.15) is 0 Å². The first-order valence-corrected chi connectivity index (χ1v) is 8.86. The third-order valence-corrected chi connectivity index (χ3v) is 5.94. The van der Waals surface area contributed by atoms with Gasteiger partial charge in [0.15, 0.2) is 0 Å². The Morgan fingerprint density at radius 3 is 1.67 bits per heavy atom. The molecule has 1 unspecified atom stereocenters. The molecule has 0 fully saturated rings. The Labute approximate surface area is 129 Å². The lowest BCUT2D eigenvalue weighted by Gasteiger charge is -2.30. The SMILES string of the molecule is C#CC(O[SiH](c1ccccc1)c1ccccc1)C(C)(C)C. The fourth-order valence-corrected chi connectivity index (χ4v) is 4.84. The van der Waals surface area contributed by atoms with Gasteiger partial charge in [-0.3, -0.25) is 0 Å². The van der Waals surface area contributed by atoms with Crippen molar-refractivity contribution in [2.75, 3.05) is 0 Å². The Balaban J connectivity index is 2.36. The van der Waals surface area contributed by atoms with E-state index in [9.17, 15) is 0 Å². The first-order chi connectivity index (χ1) is 10.0. The van der Waals surface area contributed by atoms with E-state index in [2.05, 4.69) is 75.2 Å². The summed E-state index contributed by atoms with van der Waals surface area (Å²) < 4.78 is 6.44. The van der Waals surface area contributed by atoms with Crippen LogP contribution >= 0.6 is 0 Å². The summed E-state index contributed by atoms with van der Waals surface area (Å²) in [6.07, 6.45) is 5.53. The number of hydrogen-bond donors (Lipinski definition) is 0. The van der Waals surface area contributed by atoms with Crippen molar-refractivity contribution >= 4 is 19.4 Å². The summed E-state index contributed by atoms with van der Waals surface area (Å²) >= 11 is 0. The molecule has 0 spiro atoms. The minimum atomic E-state index is -1.77. The van der Waals surface area contributed by atoms with Gasteiger partial charge in [0, 0.05) is 0 Å². The summed E-state index contributed by atoms with van der Waals surface area (Å²) in [7, 11) is -1.77. The molecule has 0 saturated heterocycles. The van der Waals surface area contributed by atoms with Crippen molar-refractivity contribution in [3.63, 3.8) is 0 Å². The van der Waals surface area contributed by atoms with Crippen molar-refractivity contribution < 1.29 is 4.43 Å². The highest BCUT2D eigenvalue weighted by atomic mass is 28.3. The zero-order valence-electron chi connectivity index (χ0n) is 12.9. The van der Waals surface area contributed by atoms with E-state index < -0.39 is 9.04 Å². The smallest absolute Gasteiger partial charge is 0.241 e. The van der Waals surface area contributed by atoms with Gasteiger partial charge in [0.1, 0.15) is 6.10 Å². The Kier molecular flexibility index (Phi) is 5.01. The Bertz CT molecular complexity index is 553. The predicted octanol–water partition coefficient (Wildman–Crippen LogP) is 2.59. The van der Waals surface area contributed by atoms with Crippen LogP contribution in [0.25, 0.3) is 0 Å². The van der Waals surface area contributed by atoms with Crippen molar-refractivity contribution in [2.45, 2.75) is 26.9 Å². The monoisotopic (exact) mass is 294 g/mol. The highest BCUT2D eigenvalue weighted by Gasteiger charge is 2.28. The molecule has 0 aliphatic heterocycles. The molecule has 0 aromatic heterocycles. The number of benzene rings is 2. The van der Waals surface area contributed by atoms with Crippen LogP contribution in [0.5, 0.6) is 0 Å². The van der Waals surface area contributed by atoms with E-state index in [1.165, 1.54) is 10.4 Å². The van der Waals surface area contributed by atoms with Gasteiger partial charge in [-0.25, -0.2) is 0 Å². The number of rotatable bonds is 4. The fourth-order valence-electron chi connectivity index (χ4n) is 2.23. The standard InChI is InChI=1S/C19H22OSi/c1-5-18(19(2,3)4)20-21(16-12-8-6-9-13-16)17-14-10-7-11-15-17/h1,6-15,18,21H,2-4H3. The van der Waals surface area contributed by atoms with Gasteiger partial charge >= 0.3 is 0 Å². The molecule has 108 valence electrons. The average molecular weight is 294 g/mol. The van der Waals surface area contributed by atoms with Crippen LogP contribution in [0.2, 0.25) is 0 Å². The molecular weight excluding hydrogens is 272 g/mol. The molecule has 0 N–H and O–H groups in total. The Morgan fingerprint density at radius 2 is 1.33 bits per heavy atom. The van der Waals surface area contributed by atoms with Crippen LogP contribution < -0.4 is 10.4 Å². The summed E-state index contributed by atoms with van der Waals surface area (Å²) in [5.74, 6) is 2.82. The van der Waals surface area contributed by atoms with E-state index >= 15 is 0 Å². The second kappa shape index (κ2) is 6.75. The molecule has 0 aliphatic carbocycles. The molecule has 0 aliphatic rings. The predicted molar refractivity (Wildman–Crippen MR) is 92.5 cm³/mol. The maximum atomic E-state index is 6.44. The lowest BCUT2D eigenvalue weighted by atomic mass is 9.90. The van der Waals surface area contributed by atoms with Crippen LogP contribution in [-0.2, 0) is 4.43 Å². The van der Waals surface area contributed by atoms with Crippen molar-refractivity contribution in [1.29, 1.82) is 0 Å². The normalized spacial score (nSPS) is 12.9. The molecule has 2 aromatic rings. The summed E-state index contributed by atoms with van der Waals surface area (Å²) in [6.45, 7) is 6.37. The summed E-state index contributed by atoms with van der Waals surface area (Å²) in [4.78, 5) is 0. The van der Waals surface area contributed by atoms with E-state index in [0.717, 1.165) is 0 Å². The average Bonchev–Trinajstić information content (AvgIpc) is 2.49. The van der Waals surface area contributed by atoms with Crippen LogP contribution in [0.1, 0.15) is 20.8 Å². The van der Waals surface area contributed by atoms with Crippen LogP contribution in [0, 0.1) is 17.8 Å². The highest BCUT2D eigenvalue weighted by Crippen LogP contribution is 2.22. The van der Waals surface area contributed by atoms with E-state index in [4.69, 9.17) is 10.8 Å². The van der Waals surface area contributed by atoms with Gasteiger partial charge in [-0.15, -0.1) is 6.42 Å². The maximum absolute atomic E-state index is 6.44.